The molecule has 5 nitrogen and oxygen atoms in total. The molecule has 1 aromatic heterocycles. The number of aliphatic carboxylic acids is 1. The second-order valence-corrected chi connectivity index (χ2v) is 4.29. The maximum Gasteiger partial charge on any atom is 0.352 e. The van der Waals surface area contributed by atoms with Gasteiger partial charge < -0.3 is 10.4 Å². The van der Waals surface area contributed by atoms with Crippen LogP contribution in [0.1, 0.15) is 11.6 Å². The van der Waals surface area contributed by atoms with Gasteiger partial charge in [0.1, 0.15) is 11.5 Å². The Balaban J connectivity index is 2.11. The second-order valence-electron chi connectivity index (χ2n) is 4.29. The number of carboxylic acids is 1. The van der Waals surface area contributed by atoms with Crippen LogP contribution in [0.2, 0.25) is 0 Å². The molecule has 0 saturated carbocycles. The number of hydrogen-bond acceptors (Lipinski definition) is 3. The van der Waals surface area contributed by atoms with Crippen molar-refractivity contribution in [2.24, 2.45) is 0 Å². The van der Waals surface area contributed by atoms with Gasteiger partial charge in [-0.15, -0.1) is 0 Å². The highest BCUT2D eigenvalue weighted by Crippen LogP contribution is 2.30. The average molecular weight is 277 g/mol. The lowest BCUT2D eigenvalue weighted by Crippen LogP contribution is -2.23. The van der Waals surface area contributed by atoms with Gasteiger partial charge in [-0.25, -0.2) is 18.3 Å². The number of carbonyl (C=O) groups is 1. The summed E-state index contributed by atoms with van der Waals surface area (Å²) in [4.78, 5) is 11.1. The van der Waals surface area contributed by atoms with E-state index in [2.05, 4.69) is 10.4 Å². The van der Waals surface area contributed by atoms with Crippen molar-refractivity contribution in [2.75, 3.05) is 5.32 Å². The standard InChI is InChI=1S/C13H9F2N3O2/c14-8-2-1-7(5-9(8)15)11-6-10(13(19)20)17-12-3-4-16-18(11)12/h1-6,11,17H,(H,19,20). The van der Waals surface area contributed by atoms with Crippen LogP contribution in [-0.2, 0) is 4.79 Å². The fourth-order valence-corrected chi connectivity index (χ4v) is 2.10. The number of carboxylic acid groups (broad SMARTS) is 1. The van der Waals surface area contributed by atoms with Crippen LogP contribution in [0, 0.1) is 11.6 Å². The van der Waals surface area contributed by atoms with Gasteiger partial charge in [0.05, 0.1) is 12.2 Å². The van der Waals surface area contributed by atoms with Gasteiger partial charge in [-0.05, 0) is 23.8 Å². The van der Waals surface area contributed by atoms with Crippen LogP contribution in [0.4, 0.5) is 14.6 Å². The molecular formula is C13H9F2N3O2. The summed E-state index contributed by atoms with van der Waals surface area (Å²) in [6, 6.07) is 4.43. The minimum Gasteiger partial charge on any atom is -0.477 e. The van der Waals surface area contributed by atoms with Crippen molar-refractivity contribution in [1.82, 2.24) is 9.78 Å². The fraction of sp³-hybridized carbons (Fsp3) is 0.0769. The smallest absolute Gasteiger partial charge is 0.352 e. The van der Waals surface area contributed by atoms with Gasteiger partial charge in [-0.2, -0.15) is 5.10 Å². The molecule has 3 rings (SSSR count). The molecule has 2 aromatic rings. The van der Waals surface area contributed by atoms with Gasteiger partial charge in [0.2, 0.25) is 0 Å². The van der Waals surface area contributed by atoms with Crippen LogP contribution in [0.25, 0.3) is 0 Å². The molecule has 1 aromatic carbocycles. The summed E-state index contributed by atoms with van der Waals surface area (Å²) in [5.41, 5.74) is 0.377. The maximum absolute atomic E-state index is 13.3. The summed E-state index contributed by atoms with van der Waals surface area (Å²) in [6.07, 6.45) is 2.89. The van der Waals surface area contributed by atoms with Crippen molar-refractivity contribution in [1.29, 1.82) is 0 Å². The fourth-order valence-electron chi connectivity index (χ4n) is 2.10. The molecule has 1 atom stereocenters. The third kappa shape index (κ3) is 1.93. The third-order valence-corrected chi connectivity index (χ3v) is 3.04. The maximum atomic E-state index is 13.3. The summed E-state index contributed by atoms with van der Waals surface area (Å²) in [7, 11) is 0. The van der Waals surface area contributed by atoms with E-state index >= 15 is 0 Å². The molecule has 7 heteroatoms. The van der Waals surface area contributed by atoms with Crippen molar-refractivity contribution in [3.8, 4) is 0 Å². The lowest BCUT2D eigenvalue weighted by molar-refractivity contribution is -0.132. The minimum absolute atomic E-state index is 0.0345. The summed E-state index contributed by atoms with van der Waals surface area (Å²) in [5, 5.41) is 15.8. The van der Waals surface area contributed by atoms with E-state index in [0.717, 1.165) is 12.1 Å². The van der Waals surface area contributed by atoms with Gasteiger partial charge >= 0.3 is 5.97 Å². The highest BCUT2D eigenvalue weighted by molar-refractivity contribution is 5.90. The van der Waals surface area contributed by atoms with E-state index in [1.807, 2.05) is 0 Å². The van der Waals surface area contributed by atoms with Gasteiger partial charge in [0, 0.05) is 6.07 Å². The molecule has 2 heterocycles. The predicted molar refractivity (Wildman–Crippen MR) is 66.1 cm³/mol. The Bertz CT molecular complexity index is 724. The number of halogens is 2. The van der Waals surface area contributed by atoms with E-state index < -0.39 is 23.6 Å². The molecule has 102 valence electrons. The molecule has 0 radical (unpaired) electrons. The molecule has 0 bridgehead atoms. The number of anilines is 1. The first-order valence-electron chi connectivity index (χ1n) is 5.77. The lowest BCUT2D eigenvalue weighted by Gasteiger charge is -2.23. The topological polar surface area (TPSA) is 67.1 Å². The van der Waals surface area contributed by atoms with E-state index in [-0.39, 0.29) is 5.70 Å². The molecule has 0 saturated heterocycles. The van der Waals surface area contributed by atoms with Gasteiger partial charge in [-0.3, -0.25) is 0 Å². The Hall–Kier alpha value is -2.70. The van der Waals surface area contributed by atoms with Crippen molar-refractivity contribution in [3.63, 3.8) is 0 Å². The molecule has 0 fully saturated rings. The summed E-state index contributed by atoms with van der Waals surface area (Å²) < 4.78 is 27.8. The molecule has 1 unspecified atom stereocenters. The Kier molecular flexibility index (Phi) is 2.74. The number of aromatic nitrogens is 2. The van der Waals surface area contributed by atoms with E-state index in [4.69, 9.17) is 5.11 Å². The highest BCUT2D eigenvalue weighted by atomic mass is 19.2. The van der Waals surface area contributed by atoms with Crippen molar-refractivity contribution in [3.05, 3.63) is 59.4 Å². The number of fused-ring (bicyclic) bond motifs is 1. The van der Waals surface area contributed by atoms with E-state index in [1.165, 1.54) is 23.0 Å². The first-order chi connectivity index (χ1) is 9.56. The monoisotopic (exact) mass is 277 g/mol. The van der Waals surface area contributed by atoms with Gasteiger partial charge in [-0.1, -0.05) is 6.07 Å². The third-order valence-electron chi connectivity index (χ3n) is 3.04. The lowest BCUT2D eigenvalue weighted by atomic mass is 10.0. The van der Waals surface area contributed by atoms with E-state index in [1.54, 1.807) is 6.07 Å². The van der Waals surface area contributed by atoms with E-state index in [0.29, 0.717) is 11.4 Å². The molecule has 20 heavy (non-hydrogen) atoms. The van der Waals surface area contributed by atoms with Crippen LogP contribution < -0.4 is 5.32 Å². The summed E-state index contributed by atoms with van der Waals surface area (Å²) >= 11 is 0. The molecule has 1 aliphatic heterocycles. The van der Waals surface area contributed by atoms with E-state index in [9.17, 15) is 13.6 Å². The predicted octanol–water partition coefficient (Wildman–Crippen LogP) is 2.14. The van der Waals surface area contributed by atoms with Crippen LogP contribution in [0.5, 0.6) is 0 Å². The average Bonchev–Trinajstić information content (AvgIpc) is 2.89. The number of nitrogens with one attached hydrogen (secondary N) is 1. The summed E-state index contributed by atoms with van der Waals surface area (Å²) in [6.45, 7) is 0. The van der Waals surface area contributed by atoms with Gasteiger partial charge in [0.15, 0.2) is 11.6 Å². The first-order valence-corrected chi connectivity index (χ1v) is 5.77. The number of benzene rings is 1. The Morgan fingerprint density at radius 2 is 2.10 bits per heavy atom. The Morgan fingerprint density at radius 1 is 1.30 bits per heavy atom. The Morgan fingerprint density at radius 3 is 2.80 bits per heavy atom. The molecule has 0 spiro atoms. The number of allylic oxidation sites excluding steroid dienone is 1. The summed E-state index contributed by atoms with van der Waals surface area (Å²) in [5.74, 6) is -2.60. The van der Waals surface area contributed by atoms with Crippen molar-refractivity contribution < 1.29 is 18.7 Å². The molecule has 2 N–H and O–H groups in total. The first kappa shape index (κ1) is 12.3. The van der Waals surface area contributed by atoms with Gasteiger partial charge in [0.25, 0.3) is 0 Å². The van der Waals surface area contributed by atoms with Crippen molar-refractivity contribution >= 4 is 11.8 Å². The van der Waals surface area contributed by atoms with Crippen LogP contribution in [0.15, 0.2) is 42.2 Å². The molecular weight excluding hydrogens is 268 g/mol. The number of hydrogen-bond donors (Lipinski definition) is 2. The van der Waals surface area contributed by atoms with Crippen molar-refractivity contribution in [2.45, 2.75) is 6.04 Å². The molecule has 1 aliphatic rings. The normalized spacial score (nSPS) is 17.1. The SMILES string of the molecule is O=C(O)C1=CC(c2ccc(F)c(F)c2)n2nccc2N1. The second kappa shape index (κ2) is 4.44. The highest BCUT2D eigenvalue weighted by Gasteiger charge is 2.25. The van der Waals surface area contributed by atoms with Crippen LogP contribution in [0.3, 0.4) is 0 Å². The Labute approximate surface area is 112 Å². The zero-order chi connectivity index (χ0) is 14.3. The number of rotatable bonds is 2. The minimum atomic E-state index is -1.13. The largest absolute Gasteiger partial charge is 0.477 e. The van der Waals surface area contributed by atoms with Crippen LogP contribution >= 0.6 is 0 Å². The zero-order valence-corrected chi connectivity index (χ0v) is 10.0. The number of nitrogens with zero attached hydrogens (tertiary/aromatic N) is 2. The molecule has 0 aliphatic carbocycles. The molecule has 0 amide bonds. The zero-order valence-electron chi connectivity index (χ0n) is 10.0. The van der Waals surface area contributed by atoms with Crippen LogP contribution in [-0.4, -0.2) is 20.9 Å². The quantitative estimate of drug-likeness (QED) is 0.882.